The number of carbonyl (C=O) groups is 2. The predicted octanol–water partition coefficient (Wildman–Crippen LogP) is 1.83. The molecule has 6 heteroatoms. The quantitative estimate of drug-likeness (QED) is 0.914. The van der Waals surface area contributed by atoms with E-state index in [0.717, 1.165) is 38.8 Å². The van der Waals surface area contributed by atoms with E-state index >= 15 is 0 Å². The van der Waals surface area contributed by atoms with E-state index in [4.69, 9.17) is 5.73 Å². The second-order valence-corrected chi connectivity index (χ2v) is 6.73. The second kappa shape index (κ2) is 6.89. The molecule has 0 saturated carbocycles. The van der Waals surface area contributed by atoms with Crippen molar-refractivity contribution < 1.29 is 14.0 Å². The van der Waals surface area contributed by atoms with E-state index in [1.807, 2.05) is 4.90 Å². The topological polar surface area (TPSA) is 66.6 Å². The molecule has 2 amide bonds. The van der Waals surface area contributed by atoms with E-state index in [1.165, 1.54) is 12.1 Å². The minimum Gasteiger partial charge on any atom is -0.368 e. The first kappa shape index (κ1) is 16.9. The zero-order chi connectivity index (χ0) is 17.3. The smallest absolute Gasteiger partial charge is 0.239 e. The van der Waals surface area contributed by atoms with Crippen LogP contribution in [0.1, 0.15) is 44.2 Å². The summed E-state index contributed by atoms with van der Waals surface area (Å²) in [4.78, 5) is 28.1. The van der Waals surface area contributed by atoms with Crippen molar-refractivity contribution in [3.05, 3.63) is 35.6 Å². The van der Waals surface area contributed by atoms with Crippen LogP contribution in [0.15, 0.2) is 24.3 Å². The zero-order valence-electron chi connectivity index (χ0n) is 14.0. The molecule has 3 rings (SSSR count). The van der Waals surface area contributed by atoms with E-state index in [-0.39, 0.29) is 23.8 Å². The zero-order valence-corrected chi connectivity index (χ0v) is 14.0. The fourth-order valence-electron chi connectivity index (χ4n) is 4.30. The Balaban J connectivity index is 1.88. The van der Waals surface area contributed by atoms with Crippen LogP contribution in [0.25, 0.3) is 0 Å². The molecule has 2 fully saturated rings. The van der Waals surface area contributed by atoms with Gasteiger partial charge in [-0.3, -0.25) is 14.5 Å². The van der Waals surface area contributed by atoms with Gasteiger partial charge in [0, 0.05) is 25.6 Å². The lowest BCUT2D eigenvalue weighted by Crippen LogP contribution is -2.50. The van der Waals surface area contributed by atoms with E-state index < -0.39 is 11.9 Å². The van der Waals surface area contributed by atoms with Crippen LogP contribution in [0.4, 0.5) is 4.39 Å². The van der Waals surface area contributed by atoms with Crippen molar-refractivity contribution >= 4 is 11.8 Å². The number of likely N-dealkylation sites (tertiary alicyclic amines) is 2. The van der Waals surface area contributed by atoms with Crippen LogP contribution in [0.3, 0.4) is 0 Å². The summed E-state index contributed by atoms with van der Waals surface area (Å²) in [7, 11) is 0. The highest BCUT2D eigenvalue weighted by Crippen LogP contribution is 2.35. The third-order valence-corrected chi connectivity index (χ3v) is 5.28. The van der Waals surface area contributed by atoms with Gasteiger partial charge in [-0.05, 0) is 49.9 Å². The molecule has 1 aromatic rings. The molecule has 2 saturated heterocycles. The number of hydrogen-bond acceptors (Lipinski definition) is 3. The largest absolute Gasteiger partial charge is 0.368 e. The van der Waals surface area contributed by atoms with Gasteiger partial charge in [-0.1, -0.05) is 12.1 Å². The molecule has 1 aromatic carbocycles. The Morgan fingerprint density at radius 3 is 2.38 bits per heavy atom. The molecule has 24 heavy (non-hydrogen) atoms. The maximum Gasteiger partial charge on any atom is 0.239 e. The van der Waals surface area contributed by atoms with Crippen LogP contribution < -0.4 is 5.73 Å². The number of rotatable bonds is 4. The summed E-state index contributed by atoms with van der Waals surface area (Å²) >= 11 is 0. The minimum atomic E-state index is -0.576. The Morgan fingerprint density at radius 2 is 1.75 bits per heavy atom. The third-order valence-electron chi connectivity index (χ3n) is 5.28. The first-order valence-electron chi connectivity index (χ1n) is 8.57. The van der Waals surface area contributed by atoms with Gasteiger partial charge in [0.15, 0.2) is 0 Å². The highest BCUT2D eigenvalue weighted by atomic mass is 19.1. The summed E-state index contributed by atoms with van der Waals surface area (Å²) in [6.07, 6.45) is 3.86. The molecule has 0 unspecified atom stereocenters. The van der Waals surface area contributed by atoms with Crippen molar-refractivity contribution in [2.45, 2.75) is 50.7 Å². The molecule has 3 atom stereocenters. The fourth-order valence-corrected chi connectivity index (χ4v) is 4.30. The maximum absolute atomic E-state index is 13.2. The van der Waals surface area contributed by atoms with Crippen molar-refractivity contribution in [3.8, 4) is 0 Å². The summed E-state index contributed by atoms with van der Waals surface area (Å²) in [5, 5.41) is 0. The Labute approximate surface area is 141 Å². The van der Waals surface area contributed by atoms with Crippen LogP contribution in [0.2, 0.25) is 0 Å². The number of carbonyl (C=O) groups excluding carboxylic acids is 2. The molecule has 2 N–H and O–H groups in total. The molecule has 0 radical (unpaired) electrons. The first-order valence-corrected chi connectivity index (χ1v) is 8.57. The summed E-state index contributed by atoms with van der Waals surface area (Å²) in [6, 6.07) is 5.63. The SMILES string of the molecule is CC(=O)N1CCC[C@@H]1[C@H]1CCCN1[C@@H](C(N)=O)c1ccc(F)cc1. The lowest BCUT2D eigenvalue weighted by Gasteiger charge is -2.38. The lowest BCUT2D eigenvalue weighted by molar-refractivity contribution is -0.131. The molecular formula is C18H24FN3O2. The third kappa shape index (κ3) is 3.15. The minimum absolute atomic E-state index is 0.0850. The standard InChI is InChI=1S/C18H24FN3O2/c1-12(23)21-10-2-4-15(21)16-5-3-11-22(16)17(18(20)24)13-6-8-14(19)9-7-13/h6-9,15-17H,2-5,10-11H2,1H3,(H2,20,24)/t15-,16-,17-/m1/s1. The molecule has 0 aliphatic carbocycles. The summed E-state index contributed by atoms with van der Waals surface area (Å²) in [5.74, 6) is -0.680. The second-order valence-electron chi connectivity index (χ2n) is 6.73. The van der Waals surface area contributed by atoms with Gasteiger partial charge in [0.2, 0.25) is 11.8 Å². The predicted molar refractivity (Wildman–Crippen MR) is 88.5 cm³/mol. The number of halogens is 1. The van der Waals surface area contributed by atoms with Crippen molar-refractivity contribution in [2.75, 3.05) is 13.1 Å². The molecule has 2 heterocycles. The molecule has 0 bridgehead atoms. The molecule has 130 valence electrons. The number of hydrogen-bond donors (Lipinski definition) is 1. The molecule has 0 spiro atoms. The molecular weight excluding hydrogens is 309 g/mol. The van der Waals surface area contributed by atoms with Crippen molar-refractivity contribution in [1.82, 2.24) is 9.80 Å². The Bertz CT molecular complexity index is 619. The van der Waals surface area contributed by atoms with Crippen LogP contribution in [0.5, 0.6) is 0 Å². The molecule has 0 aromatic heterocycles. The number of primary amides is 1. The van der Waals surface area contributed by atoms with Crippen LogP contribution in [-0.2, 0) is 9.59 Å². The van der Waals surface area contributed by atoms with Gasteiger partial charge >= 0.3 is 0 Å². The first-order chi connectivity index (χ1) is 11.5. The number of amides is 2. The Hall–Kier alpha value is -1.95. The summed E-state index contributed by atoms with van der Waals surface area (Å²) < 4.78 is 13.2. The number of nitrogens with zero attached hydrogens (tertiary/aromatic N) is 2. The van der Waals surface area contributed by atoms with Crippen LogP contribution in [0, 0.1) is 5.82 Å². The molecule has 2 aliphatic rings. The Morgan fingerprint density at radius 1 is 1.12 bits per heavy atom. The normalized spacial score (nSPS) is 25.8. The van der Waals surface area contributed by atoms with Gasteiger partial charge in [-0.15, -0.1) is 0 Å². The highest BCUT2D eigenvalue weighted by molar-refractivity contribution is 5.81. The van der Waals surface area contributed by atoms with E-state index in [9.17, 15) is 14.0 Å². The summed E-state index contributed by atoms with van der Waals surface area (Å²) in [6.45, 7) is 3.14. The van der Waals surface area contributed by atoms with Gasteiger partial charge in [0.05, 0.1) is 0 Å². The molecule has 2 aliphatic heterocycles. The van der Waals surface area contributed by atoms with Crippen LogP contribution >= 0.6 is 0 Å². The van der Waals surface area contributed by atoms with Crippen molar-refractivity contribution in [3.63, 3.8) is 0 Å². The highest BCUT2D eigenvalue weighted by Gasteiger charge is 2.42. The van der Waals surface area contributed by atoms with Gasteiger partial charge in [0.25, 0.3) is 0 Å². The summed E-state index contributed by atoms with van der Waals surface area (Å²) in [5.41, 5.74) is 6.40. The van der Waals surface area contributed by atoms with E-state index in [0.29, 0.717) is 5.56 Å². The maximum atomic E-state index is 13.2. The average Bonchev–Trinajstić information content (AvgIpc) is 3.17. The number of nitrogens with two attached hydrogens (primary N) is 1. The van der Waals surface area contributed by atoms with Gasteiger partial charge < -0.3 is 10.6 Å². The van der Waals surface area contributed by atoms with Crippen molar-refractivity contribution in [2.24, 2.45) is 5.73 Å². The van der Waals surface area contributed by atoms with E-state index in [1.54, 1.807) is 19.1 Å². The van der Waals surface area contributed by atoms with Gasteiger partial charge in [-0.25, -0.2) is 4.39 Å². The van der Waals surface area contributed by atoms with Crippen LogP contribution in [-0.4, -0.2) is 46.8 Å². The van der Waals surface area contributed by atoms with E-state index in [2.05, 4.69) is 4.90 Å². The number of benzene rings is 1. The van der Waals surface area contributed by atoms with Crippen molar-refractivity contribution in [1.29, 1.82) is 0 Å². The fraction of sp³-hybridized carbons (Fsp3) is 0.556. The average molecular weight is 333 g/mol. The lowest BCUT2D eigenvalue weighted by atomic mass is 9.98. The molecule has 5 nitrogen and oxygen atoms in total. The van der Waals surface area contributed by atoms with Gasteiger partial charge in [0.1, 0.15) is 11.9 Å². The van der Waals surface area contributed by atoms with Gasteiger partial charge in [-0.2, -0.15) is 0 Å². The Kier molecular flexibility index (Phi) is 4.85. The monoisotopic (exact) mass is 333 g/mol.